The molecule has 0 fully saturated rings. The van der Waals surface area contributed by atoms with E-state index in [1.54, 1.807) is 12.3 Å². The minimum atomic E-state index is -3.42. The summed E-state index contributed by atoms with van der Waals surface area (Å²) >= 11 is 2.99. The molecule has 0 aliphatic carbocycles. The maximum absolute atomic E-state index is 12.1. The van der Waals surface area contributed by atoms with E-state index in [1.165, 1.54) is 22.7 Å². The van der Waals surface area contributed by atoms with Crippen molar-refractivity contribution in [2.75, 3.05) is 0 Å². The normalized spacial score (nSPS) is 11.9. The lowest BCUT2D eigenvalue weighted by Gasteiger charge is -2.04. The molecule has 0 radical (unpaired) electrons. The molecule has 0 aromatic carbocycles. The number of thiophene rings is 1. The van der Waals surface area contributed by atoms with Gasteiger partial charge in [0.1, 0.15) is 0 Å². The van der Waals surface area contributed by atoms with Gasteiger partial charge in [0.25, 0.3) is 0 Å². The molecule has 2 aromatic heterocycles. The van der Waals surface area contributed by atoms with E-state index in [4.69, 9.17) is 0 Å². The zero-order chi connectivity index (χ0) is 13.3. The number of hydrogen-bond donors (Lipinski definition) is 1. The van der Waals surface area contributed by atoms with Crippen LogP contribution in [0.5, 0.6) is 0 Å². The van der Waals surface area contributed by atoms with Crippen LogP contribution in [0.2, 0.25) is 0 Å². The molecule has 0 aliphatic rings. The Balaban J connectivity index is 2.15. The molecule has 1 N–H and O–H groups in total. The summed E-state index contributed by atoms with van der Waals surface area (Å²) in [6.45, 7) is 5.92. The Hall–Kier alpha value is -0.760. The van der Waals surface area contributed by atoms with Crippen LogP contribution in [0.4, 0.5) is 0 Å². The second-order valence-corrected chi connectivity index (χ2v) is 8.46. The first-order chi connectivity index (χ1) is 8.38. The van der Waals surface area contributed by atoms with Crippen molar-refractivity contribution in [2.24, 2.45) is 0 Å². The van der Waals surface area contributed by atoms with Gasteiger partial charge in [0.15, 0.2) is 0 Å². The molecule has 0 aliphatic heterocycles. The van der Waals surface area contributed by atoms with Crippen LogP contribution < -0.4 is 4.72 Å². The average molecular weight is 302 g/mol. The fraction of sp³-hybridized carbons (Fsp3) is 0.364. The van der Waals surface area contributed by atoms with Gasteiger partial charge in [0.2, 0.25) is 10.0 Å². The van der Waals surface area contributed by atoms with Crippen molar-refractivity contribution in [3.8, 4) is 0 Å². The minimum absolute atomic E-state index is 0.294. The highest BCUT2D eigenvalue weighted by molar-refractivity contribution is 7.89. The predicted octanol–water partition coefficient (Wildman–Crippen LogP) is 2.61. The second kappa shape index (κ2) is 5.08. The molecule has 98 valence electrons. The summed E-state index contributed by atoms with van der Waals surface area (Å²) in [5.41, 5.74) is 0. The smallest absolute Gasteiger partial charge is 0.242 e. The van der Waals surface area contributed by atoms with Crippen molar-refractivity contribution in [1.82, 2.24) is 9.71 Å². The lowest BCUT2D eigenvalue weighted by atomic mass is 10.4. The van der Waals surface area contributed by atoms with Gasteiger partial charge in [-0.05, 0) is 26.8 Å². The molecule has 0 spiro atoms. The summed E-state index contributed by atoms with van der Waals surface area (Å²) in [6.07, 6.45) is 1.70. The van der Waals surface area contributed by atoms with Crippen LogP contribution in [0.25, 0.3) is 0 Å². The third kappa shape index (κ3) is 2.97. The monoisotopic (exact) mass is 302 g/mol. The van der Waals surface area contributed by atoms with Crippen molar-refractivity contribution in [2.45, 2.75) is 32.2 Å². The summed E-state index contributed by atoms with van der Waals surface area (Å²) in [6, 6.07) is 1.71. The molecular weight excluding hydrogens is 288 g/mol. The SMILES string of the molecule is Cc1cc(S(=O)(=O)NCc2cnc(C)s2)c(C)s1. The largest absolute Gasteiger partial charge is 0.250 e. The predicted molar refractivity (Wildman–Crippen MR) is 74.7 cm³/mol. The van der Waals surface area contributed by atoms with E-state index in [2.05, 4.69) is 9.71 Å². The quantitative estimate of drug-likeness (QED) is 0.944. The fourth-order valence-corrected chi connectivity index (χ4v) is 4.99. The number of aromatic nitrogens is 1. The van der Waals surface area contributed by atoms with E-state index in [0.29, 0.717) is 11.4 Å². The van der Waals surface area contributed by atoms with Gasteiger partial charge in [0, 0.05) is 27.4 Å². The second-order valence-electron chi connectivity index (χ2n) is 3.95. The Morgan fingerprint density at radius 3 is 2.50 bits per heavy atom. The Labute approximate surface area is 115 Å². The third-order valence-corrected chi connectivity index (χ3v) is 5.93. The Morgan fingerprint density at radius 1 is 1.28 bits per heavy atom. The highest BCUT2D eigenvalue weighted by Crippen LogP contribution is 2.25. The summed E-state index contributed by atoms with van der Waals surface area (Å²) in [5.74, 6) is 0. The van der Waals surface area contributed by atoms with Crippen molar-refractivity contribution >= 4 is 32.7 Å². The fourth-order valence-electron chi connectivity index (χ4n) is 1.61. The topological polar surface area (TPSA) is 59.1 Å². The molecule has 0 amide bonds. The first-order valence-electron chi connectivity index (χ1n) is 5.36. The highest BCUT2D eigenvalue weighted by atomic mass is 32.2. The highest BCUT2D eigenvalue weighted by Gasteiger charge is 2.18. The van der Waals surface area contributed by atoms with Crippen molar-refractivity contribution in [3.63, 3.8) is 0 Å². The van der Waals surface area contributed by atoms with Crippen LogP contribution >= 0.6 is 22.7 Å². The summed E-state index contributed by atoms with van der Waals surface area (Å²) in [5, 5.41) is 0.937. The van der Waals surface area contributed by atoms with E-state index in [0.717, 1.165) is 19.6 Å². The van der Waals surface area contributed by atoms with Crippen LogP contribution in [-0.2, 0) is 16.6 Å². The van der Waals surface area contributed by atoms with E-state index in [-0.39, 0.29) is 0 Å². The molecule has 2 rings (SSSR count). The standard InChI is InChI=1S/C11H14N2O2S3/c1-7-4-11(8(2)16-7)18(14,15)13-6-10-5-12-9(3)17-10/h4-5,13H,6H2,1-3H3. The number of nitrogens with one attached hydrogen (secondary N) is 1. The number of rotatable bonds is 4. The van der Waals surface area contributed by atoms with E-state index < -0.39 is 10.0 Å². The first-order valence-corrected chi connectivity index (χ1v) is 8.48. The van der Waals surface area contributed by atoms with E-state index in [9.17, 15) is 8.42 Å². The Kier molecular flexibility index (Phi) is 3.86. The van der Waals surface area contributed by atoms with Gasteiger partial charge in [-0.2, -0.15) is 0 Å². The average Bonchev–Trinajstić information content (AvgIpc) is 2.82. The number of hydrogen-bond acceptors (Lipinski definition) is 5. The van der Waals surface area contributed by atoms with Crippen LogP contribution in [0.15, 0.2) is 17.2 Å². The minimum Gasteiger partial charge on any atom is -0.250 e. The van der Waals surface area contributed by atoms with Gasteiger partial charge in [-0.15, -0.1) is 22.7 Å². The molecule has 2 heterocycles. The molecule has 4 nitrogen and oxygen atoms in total. The Morgan fingerprint density at radius 2 is 2.00 bits per heavy atom. The summed E-state index contributed by atoms with van der Waals surface area (Å²) < 4.78 is 26.9. The number of sulfonamides is 1. The van der Waals surface area contributed by atoms with Crippen molar-refractivity contribution in [1.29, 1.82) is 0 Å². The molecule has 0 bridgehead atoms. The Bertz CT molecular complexity index is 656. The van der Waals surface area contributed by atoms with Crippen molar-refractivity contribution < 1.29 is 8.42 Å². The van der Waals surface area contributed by atoms with Crippen LogP contribution in [0.1, 0.15) is 19.6 Å². The lowest BCUT2D eigenvalue weighted by Crippen LogP contribution is -2.22. The maximum Gasteiger partial charge on any atom is 0.242 e. The van der Waals surface area contributed by atoms with Gasteiger partial charge in [-0.1, -0.05) is 0 Å². The third-order valence-electron chi connectivity index (χ3n) is 2.39. The van der Waals surface area contributed by atoms with Gasteiger partial charge >= 0.3 is 0 Å². The zero-order valence-electron chi connectivity index (χ0n) is 10.4. The number of thiazole rings is 1. The molecule has 0 unspecified atom stereocenters. The molecule has 7 heteroatoms. The molecule has 0 atom stereocenters. The number of aryl methyl sites for hydroxylation is 3. The van der Waals surface area contributed by atoms with E-state index in [1.807, 2.05) is 20.8 Å². The zero-order valence-corrected chi connectivity index (χ0v) is 12.8. The number of nitrogens with zero attached hydrogens (tertiary/aromatic N) is 1. The molecule has 18 heavy (non-hydrogen) atoms. The van der Waals surface area contributed by atoms with Crippen LogP contribution in [0.3, 0.4) is 0 Å². The van der Waals surface area contributed by atoms with E-state index >= 15 is 0 Å². The molecule has 2 aromatic rings. The lowest BCUT2D eigenvalue weighted by molar-refractivity contribution is 0.581. The summed E-state index contributed by atoms with van der Waals surface area (Å²) in [7, 11) is -3.42. The van der Waals surface area contributed by atoms with Gasteiger partial charge in [-0.25, -0.2) is 18.1 Å². The maximum atomic E-state index is 12.1. The van der Waals surface area contributed by atoms with Crippen molar-refractivity contribution in [3.05, 3.63) is 31.9 Å². The van der Waals surface area contributed by atoms with Gasteiger partial charge < -0.3 is 0 Å². The van der Waals surface area contributed by atoms with Crippen LogP contribution in [0, 0.1) is 20.8 Å². The molecular formula is C11H14N2O2S3. The molecule has 0 saturated carbocycles. The van der Waals surface area contributed by atoms with Gasteiger partial charge in [0.05, 0.1) is 9.90 Å². The van der Waals surface area contributed by atoms with Crippen LogP contribution in [-0.4, -0.2) is 13.4 Å². The summed E-state index contributed by atoms with van der Waals surface area (Å²) in [4.78, 5) is 7.22. The first kappa shape index (κ1) is 13.7. The molecule has 0 saturated heterocycles. The van der Waals surface area contributed by atoms with Gasteiger partial charge in [-0.3, -0.25) is 0 Å².